The van der Waals surface area contributed by atoms with Gasteiger partial charge in [0.2, 0.25) is 5.90 Å². The summed E-state index contributed by atoms with van der Waals surface area (Å²) < 4.78 is 10.2. The summed E-state index contributed by atoms with van der Waals surface area (Å²) in [6.45, 7) is 0. The monoisotopic (exact) mass is 358 g/mol. The van der Waals surface area contributed by atoms with Gasteiger partial charge in [0.15, 0.2) is 5.70 Å². The molecule has 8 heteroatoms. The number of cyclic esters (lactones) is 1. The number of hydrogen-bond acceptors (Lipinski definition) is 6. The molecule has 0 fully saturated rings. The van der Waals surface area contributed by atoms with Crippen molar-refractivity contribution in [2.24, 2.45) is 4.99 Å². The van der Waals surface area contributed by atoms with Crippen LogP contribution in [-0.4, -0.2) is 23.9 Å². The molecule has 0 aromatic heterocycles. The van der Waals surface area contributed by atoms with E-state index in [-0.39, 0.29) is 22.3 Å². The predicted molar refractivity (Wildman–Crippen MR) is 91.7 cm³/mol. The Morgan fingerprint density at radius 2 is 2.08 bits per heavy atom. The van der Waals surface area contributed by atoms with Crippen LogP contribution in [0.2, 0.25) is 5.02 Å². The fraction of sp³-hybridized carbons (Fsp3) is 0.0588. The van der Waals surface area contributed by atoms with E-state index in [0.717, 1.165) is 0 Å². The lowest BCUT2D eigenvalue weighted by Crippen LogP contribution is -2.06. The molecule has 0 unspecified atom stereocenters. The van der Waals surface area contributed by atoms with E-state index in [1.807, 2.05) is 0 Å². The van der Waals surface area contributed by atoms with Gasteiger partial charge < -0.3 is 9.47 Å². The van der Waals surface area contributed by atoms with Crippen LogP contribution in [0.15, 0.2) is 53.2 Å². The van der Waals surface area contributed by atoms with E-state index in [1.54, 1.807) is 37.5 Å². The molecule has 1 aliphatic heterocycles. The summed E-state index contributed by atoms with van der Waals surface area (Å²) in [6.07, 6.45) is 1.54. The van der Waals surface area contributed by atoms with Crippen molar-refractivity contribution in [3.05, 3.63) is 74.4 Å². The molecule has 0 bridgehead atoms. The number of rotatable bonds is 4. The third-order valence-corrected chi connectivity index (χ3v) is 3.73. The lowest BCUT2D eigenvalue weighted by molar-refractivity contribution is -0.384. The molecule has 0 radical (unpaired) electrons. The van der Waals surface area contributed by atoms with E-state index in [4.69, 9.17) is 21.1 Å². The highest BCUT2D eigenvalue weighted by atomic mass is 35.5. The van der Waals surface area contributed by atoms with Crippen LogP contribution in [0.3, 0.4) is 0 Å². The van der Waals surface area contributed by atoms with Crippen molar-refractivity contribution in [1.29, 1.82) is 0 Å². The minimum Gasteiger partial charge on any atom is -0.497 e. The van der Waals surface area contributed by atoms with Crippen LogP contribution in [0.5, 0.6) is 5.75 Å². The summed E-state index contributed by atoms with van der Waals surface area (Å²) in [5.41, 5.74) is 0.792. The first kappa shape index (κ1) is 16.7. The lowest BCUT2D eigenvalue weighted by atomic mass is 10.2. The fourth-order valence-corrected chi connectivity index (χ4v) is 2.39. The summed E-state index contributed by atoms with van der Waals surface area (Å²) in [4.78, 5) is 26.5. The van der Waals surface area contributed by atoms with E-state index in [1.165, 1.54) is 18.2 Å². The maximum Gasteiger partial charge on any atom is 0.363 e. The molecule has 3 rings (SSSR count). The van der Waals surface area contributed by atoms with Gasteiger partial charge in [-0.25, -0.2) is 9.79 Å². The zero-order valence-electron chi connectivity index (χ0n) is 12.9. The topological polar surface area (TPSA) is 91.0 Å². The molecule has 0 saturated carbocycles. The smallest absolute Gasteiger partial charge is 0.363 e. The van der Waals surface area contributed by atoms with Crippen LogP contribution < -0.4 is 4.74 Å². The molecule has 0 aliphatic carbocycles. The lowest BCUT2D eigenvalue weighted by Gasteiger charge is -2.00. The Morgan fingerprint density at radius 3 is 2.80 bits per heavy atom. The van der Waals surface area contributed by atoms with Crippen LogP contribution in [0.1, 0.15) is 11.1 Å². The maximum absolute atomic E-state index is 12.0. The number of methoxy groups -OCH3 is 1. The van der Waals surface area contributed by atoms with Gasteiger partial charge in [-0.3, -0.25) is 10.1 Å². The van der Waals surface area contributed by atoms with Gasteiger partial charge in [0.05, 0.1) is 12.0 Å². The Balaban J connectivity index is 1.96. The number of nitrogens with zero attached hydrogens (tertiary/aromatic N) is 2. The van der Waals surface area contributed by atoms with Gasteiger partial charge in [0.1, 0.15) is 10.8 Å². The number of nitro groups is 1. The molecule has 0 spiro atoms. The Hall–Kier alpha value is -3.19. The number of nitro benzene ring substituents is 1. The summed E-state index contributed by atoms with van der Waals surface area (Å²) in [5.74, 6) is -0.0208. The SMILES string of the molecule is COc1cccc(C=C2N=C(c3ccc(Cl)c([N+](=O)[O-])c3)OC2=O)c1. The molecule has 25 heavy (non-hydrogen) atoms. The van der Waals surface area contributed by atoms with Crippen LogP contribution in [0, 0.1) is 10.1 Å². The second-order valence-electron chi connectivity index (χ2n) is 5.04. The van der Waals surface area contributed by atoms with Crippen LogP contribution in [0.25, 0.3) is 6.08 Å². The summed E-state index contributed by atoms with van der Waals surface area (Å²) >= 11 is 5.78. The Kier molecular flexibility index (Phi) is 4.49. The van der Waals surface area contributed by atoms with Gasteiger partial charge in [0, 0.05) is 11.6 Å². The minimum atomic E-state index is -0.643. The van der Waals surface area contributed by atoms with Crippen molar-refractivity contribution >= 4 is 35.2 Å². The van der Waals surface area contributed by atoms with Crippen molar-refractivity contribution < 1.29 is 19.2 Å². The minimum absolute atomic E-state index is 0.00850. The zero-order valence-corrected chi connectivity index (χ0v) is 13.7. The molecule has 2 aromatic rings. The number of aliphatic imine (C=N–C) groups is 1. The molecule has 7 nitrogen and oxygen atoms in total. The zero-order chi connectivity index (χ0) is 18.0. The standard InChI is InChI=1S/C17H11ClN2O5/c1-24-12-4-2-3-10(7-12)8-14-17(21)25-16(19-14)11-5-6-13(18)15(9-11)20(22)23/h2-9H,1H3. The summed E-state index contributed by atoms with van der Waals surface area (Å²) in [7, 11) is 1.54. The molecule has 0 amide bonds. The van der Waals surface area contributed by atoms with Gasteiger partial charge in [-0.1, -0.05) is 23.7 Å². The van der Waals surface area contributed by atoms with Gasteiger partial charge in [-0.2, -0.15) is 0 Å². The molecule has 0 atom stereocenters. The maximum atomic E-state index is 12.0. The highest BCUT2D eigenvalue weighted by Gasteiger charge is 2.26. The van der Waals surface area contributed by atoms with Crippen LogP contribution in [-0.2, 0) is 9.53 Å². The Bertz CT molecular complexity index is 936. The Labute approximate surface area is 147 Å². The number of benzene rings is 2. The normalized spacial score (nSPS) is 15.0. The summed E-state index contributed by atoms with van der Waals surface area (Å²) in [5, 5.41) is 11.0. The van der Waals surface area contributed by atoms with Crippen LogP contribution in [0.4, 0.5) is 5.69 Å². The van der Waals surface area contributed by atoms with E-state index < -0.39 is 10.9 Å². The number of esters is 1. The first-order valence-electron chi connectivity index (χ1n) is 7.09. The molecule has 1 heterocycles. The highest BCUT2D eigenvalue weighted by molar-refractivity contribution is 6.32. The fourth-order valence-electron chi connectivity index (χ4n) is 2.21. The molecule has 0 N–H and O–H groups in total. The number of ether oxygens (including phenoxy) is 2. The van der Waals surface area contributed by atoms with Gasteiger partial charge in [-0.15, -0.1) is 0 Å². The number of carbonyl (C=O) groups is 1. The predicted octanol–water partition coefficient (Wildman–Crippen LogP) is 3.60. The largest absolute Gasteiger partial charge is 0.497 e. The van der Waals surface area contributed by atoms with Crippen molar-refractivity contribution in [2.45, 2.75) is 0 Å². The van der Waals surface area contributed by atoms with Crippen molar-refractivity contribution in [3.8, 4) is 5.75 Å². The highest BCUT2D eigenvalue weighted by Crippen LogP contribution is 2.27. The first-order chi connectivity index (χ1) is 12.0. The van der Waals surface area contributed by atoms with Gasteiger partial charge in [-0.05, 0) is 35.9 Å². The number of carbonyl (C=O) groups excluding carboxylic acids is 1. The second-order valence-corrected chi connectivity index (χ2v) is 5.44. The van der Waals surface area contributed by atoms with E-state index in [9.17, 15) is 14.9 Å². The van der Waals surface area contributed by atoms with Gasteiger partial charge in [0.25, 0.3) is 5.69 Å². The molecule has 1 aliphatic rings. The van der Waals surface area contributed by atoms with E-state index in [0.29, 0.717) is 16.9 Å². The van der Waals surface area contributed by atoms with Crippen molar-refractivity contribution in [2.75, 3.05) is 7.11 Å². The van der Waals surface area contributed by atoms with Gasteiger partial charge >= 0.3 is 5.97 Å². The third kappa shape index (κ3) is 3.51. The van der Waals surface area contributed by atoms with Crippen molar-refractivity contribution in [3.63, 3.8) is 0 Å². The van der Waals surface area contributed by atoms with E-state index in [2.05, 4.69) is 4.99 Å². The summed E-state index contributed by atoms with van der Waals surface area (Å²) in [6, 6.07) is 11.1. The second kappa shape index (κ2) is 6.74. The van der Waals surface area contributed by atoms with E-state index >= 15 is 0 Å². The third-order valence-electron chi connectivity index (χ3n) is 3.41. The average Bonchev–Trinajstić information content (AvgIpc) is 2.96. The average molecular weight is 359 g/mol. The number of hydrogen-bond donors (Lipinski definition) is 0. The quantitative estimate of drug-likeness (QED) is 0.360. The number of halogens is 1. The molecular formula is C17H11ClN2O5. The first-order valence-corrected chi connectivity index (χ1v) is 7.46. The molecule has 2 aromatic carbocycles. The molecule has 0 saturated heterocycles. The molecule has 126 valence electrons. The van der Waals surface area contributed by atoms with Crippen molar-refractivity contribution in [1.82, 2.24) is 0 Å². The molecular weight excluding hydrogens is 348 g/mol. The van der Waals surface area contributed by atoms with Crippen LogP contribution >= 0.6 is 11.6 Å². The Morgan fingerprint density at radius 1 is 1.28 bits per heavy atom.